The van der Waals surface area contributed by atoms with E-state index in [0.29, 0.717) is 0 Å². The van der Waals surface area contributed by atoms with Crippen molar-refractivity contribution in [1.29, 1.82) is 0 Å². The van der Waals surface area contributed by atoms with E-state index in [1.165, 1.54) is 36.4 Å². The van der Waals surface area contributed by atoms with Crippen molar-refractivity contribution in [2.75, 3.05) is 6.54 Å². The number of hydrogen-bond donors (Lipinski definition) is 2. The summed E-state index contributed by atoms with van der Waals surface area (Å²) in [6.07, 6.45) is -4.68. The van der Waals surface area contributed by atoms with Crippen LogP contribution in [0, 0.1) is 0 Å². The van der Waals surface area contributed by atoms with Crippen LogP contribution in [-0.4, -0.2) is 26.0 Å². The van der Waals surface area contributed by atoms with Gasteiger partial charge >= 0.3 is 12.1 Å². The van der Waals surface area contributed by atoms with Crippen LogP contribution in [0.15, 0.2) is 53.4 Å². The SMILES string of the molecule is O=C(O)c1cccc(S(=O)(=O)NCCc2ccccc2C(F)(F)F)c1. The molecule has 0 saturated heterocycles. The van der Waals surface area contributed by atoms with Crippen LogP contribution in [0.2, 0.25) is 0 Å². The van der Waals surface area contributed by atoms with Crippen LogP contribution < -0.4 is 4.72 Å². The van der Waals surface area contributed by atoms with Gasteiger partial charge in [-0.2, -0.15) is 13.2 Å². The van der Waals surface area contributed by atoms with Gasteiger partial charge in [0.1, 0.15) is 0 Å². The van der Waals surface area contributed by atoms with Crippen molar-refractivity contribution in [2.45, 2.75) is 17.5 Å². The van der Waals surface area contributed by atoms with E-state index < -0.39 is 27.7 Å². The van der Waals surface area contributed by atoms with Crippen LogP contribution in [0.4, 0.5) is 13.2 Å². The van der Waals surface area contributed by atoms with Crippen molar-refractivity contribution < 1.29 is 31.5 Å². The van der Waals surface area contributed by atoms with E-state index in [0.717, 1.165) is 12.1 Å². The van der Waals surface area contributed by atoms with Crippen molar-refractivity contribution in [3.8, 4) is 0 Å². The summed E-state index contributed by atoms with van der Waals surface area (Å²) in [5.41, 5.74) is -1.05. The molecule has 25 heavy (non-hydrogen) atoms. The average Bonchev–Trinajstić information content (AvgIpc) is 2.54. The van der Waals surface area contributed by atoms with Gasteiger partial charge in [-0.05, 0) is 36.2 Å². The highest BCUT2D eigenvalue weighted by molar-refractivity contribution is 7.89. The Balaban J connectivity index is 2.12. The number of rotatable bonds is 6. The summed E-state index contributed by atoms with van der Waals surface area (Å²) in [5, 5.41) is 8.88. The molecular weight excluding hydrogens is 359 g/mol. The maximum Gasteiger partial charge on any atom is 0.416 e. The van der Waals surface area contributed by atoms with Crippen molar-refractivity contribution in [2.24, 2.45) is 0 Å². The van der Waals surface area contributed by atoms with Gasteiger partial charge in [0.15, 0.2) is 0 Å². The molecule has 0 aliphatic carbocycles. The van der Waals surface area contributed by atoms with E-state index in [1.807, 2.05) is 0 Å². The Labute approximate surface area is 142 Å². The quantitative estimate of drug-likeness (QED) is 0.816. The molecule has 9 heteroatoms. The van der Waals surface area contributed by atoms with Gasteiger partial charge in [0.05, 0.1) is 16.0 Å². The van der Waals surface area contributed by atoms with Crippen LogP contribution in [0.3, 0.4) is 0 Å². The lowest BCUT2D eigenvalue weighted by Gasteiger charge is -2.13. The summed E-state index contributed by atoms with van der Waals surface area (Å²) < 4.78 is 65.2. The van der Waals surface area contributed by atoms with E-state index in [9.17, 15) is 26.4 Å². The third-order valence-corrected chi connectivity index (χ3v) is 4.86. The highest BCUT2D eigenvalue weighted by atomic mass is 32.2. The van der Waals surface area contributed by atoms with Gasteiger partial charge in [-0.3, -0.25) is 0 Å². The number of hydrogen-bond acceptors (Lipinski definition) is 3. The Morgan fingerprint density at radius 3 is 2.40 bits per heavy atom. The first-order chi connectivity index (χ1) is 11.6. The summed E-state index contributed by atoms with van der Waals surface area (Å²) in [4.78, 5) is 10.6. The Morgan fingerprint density at radius 2 is 1.76 bits per heavy atom. The predicted molar refractivity (Wildman–Crippen MR) is 83.7 cm³/mol. The molecule has 0 bridgehead atoms. The van der Waals surface area contributed by atoms with Gasteiger partial charge in [0, 0.05) is 6.54 Å². The molecule has 0 amide bonds. The lowest BCUT2D eigenvalue weighted by atomic mass is 10.0. The highest BCUT2D eigenvalue weighted by Crippen LogP contribution is 2.31. The molecule has 0 saturated carbocycles. The predicted octanol–water partition coefficient (Wildman–Crippen LogP) is 2.92. The molecular formula is C16H14F3NO4S. The van der Waals surface area contributed by atoms with Crippen LogP contribution >= 0.6 is 0 Å². The first kappa shape index (κ1) is 18.9. The molecule has 134 valence electrons. The summed E-state index contributed by atoms with van der Waals surface area (Å²) >= 11 is 0. The van der Waals surface area contributed by atoms with Gasteiger partial charge < -0.3 is 5.11 Å². The number of alkyl halides is 3. The maximum absolute atomic E-state index is 12.9. The Kier molecular flexibility index (Phi) is 5.48. The third kappa shape index (κ3) is 4.80. The number of nitrogens with one attached hydrogen (secondary N) is 1. The molecule has 0 radical (unpaired) electrons. The zero-order valence-corrected chi connectivity index (χ0v) is 13.6. The first-order valence-electron chi connectivity index (χ1n) is 7.09. The average molecular weight is 373 g/mol. The normalized spacial score (nSPS) is 12.1. The molecule has 0 aliphatic heterocycles. The minimum atomic E-state index is -4.52. The summed E-state index contributed by atoms with van der Waals surface area (Å²) in [7, 11) is -4.03. The fourth-order valence-corrected chi connectivity index (χ4v) is 3.29. The second-order valence-electron chi connectivity index (χ2n) is 5.14. The number of carboxylic acid groups (broad SMARTS) is 1. The van der Waals surface area contributed by atoms with Crippen molar-refractivity contribution in [3.05, 3.63) is 65.2 Å². The molecule has 2 N–H and O–H groups in total. The van der Waals surface area contributed by atoms with Crippen molar-refractivity contribution >= 4 is 16.0 Å². The molecule has 2 aromatic carbocycles. The standard InChI is InChI=1S/C16H14F3NO4S/c17-16(18,19)14-7-2-1-4-11(14)8-9-20-25(23,24)13-6-3-5-12(10-13)15(21)22/h1-7,10,20H,8-9H2,(H,21,22). The second-order valence-corrected chi connectivity index (χ2v) is 6.90. The molecule has 5 nitrogen and oxygen atoms in total. The summed E-state index contributed by atoms with van der Waals surface area (Å²) in [6.45, 7) is -0.257. The Morgan fingerprint density at radius 1 is 1.08 bits per heavy atom. The number of benzene rings is 2. The van der Waals surface area contributed by atoms with Gasteiger partial charge in [-0.25, -0.2) is 17.9 Å². The van der Waals surface area contributed by atoms with Crippen molar-refractivity contribution in [1.82, 2.24) is 4.72 Å². The zero-order chi connectivity index (χ0) is 18.7. The van der Waals surface area contributed by atoms with E-state index in [1.54, 1.807) is 0 Å². The largest absolute Gasteiger partial charge is 0.478 e. The number of halogens is 3. The smallest absolute Gasteiger partial charge is 0.416 e. The molecule has 0 atom stereocenters. The summed E-state index contributed by atoms with van der Waals surface area (Å²) in [5.74, 6) is -1.28. The molecule has 2 rings (SSSR count). The minimum absolute atomic E-state index is 0.0306. The Hall–Kier alpha value is -2.39. The zero-order valence-electron chi connectivity index (χ0n) is 12.7. The van der Waals surface area contributed by atoms with Crippen molar-refractivity contribution in [3.63, 3.8) is 0 Å². The number of aromatic carboxylic acids is 1. The van der Waals surface area contributed by atoms with Crippen LogP contribution in [0.1, 0.15) is 21.5 Å². The topological polar surface area (TPSA) is 83.5 Å². The summed E-state index contributed by atoms with van der Waals surface area (Å²) in [6, 6.07) is 9.61. The Bertz CT molecular complexity index is 879. The highest BCUT2D eigenvalue weighted by Gasteiger charge is 2.32. The lowest BCUT2D eigenvalue weighted by molar-refractivity contribution is -0.138. The fourth-order valence-electron chi connectivity index (χ4n) is 2.21. The van der Waals surface area contributed by atoms with Crippen LogP contribution in [0.25, 0.3) is 0 Å². The molecule has 0 heterocycles. The molecule has 0 spiro atoms. The molecule has 0 fully saturated rings. The number of sulfonamides is 1. The maximum atomic E-state index is 12.9. The fraction of sp³-hybridized carbons (Fsp3) is 0.188. The van der Waals surface area contributed by atoms with Crippen LogP contribution in [-0.2, 0) is 22.6 Å². The first-order valence-corrected chi connectivity index (χ1v) is 8.58. The van der Waals surface area contributed by atoms with E-state index in [2.05, 4.69) is 4.72 Å². The second kappa shape index (κ2) is 7.24. The third-order valence-electron chi connectivity index (χ3n) is 3.40. The van der Waals surface area contributed by atoms with Gasteiger partial charge in [-0.15, -0.1) is 0 Å². The van der Waals surface area contributed by atoms with Crippen LogP contribution in [0.5, 0.6) is 0 Å². The van der Waals surface area contributed by atoms with Gasteiger partial charge in [0.2, 0.25) is 10.0 Å². The van der Waals surface area contributed by atoms with E-state index in [4.69, 9.17) is 5.11 Å². The number of carboxylic acids is 1. The molecule has 0 aromatic heterocycles. The van der Waals surface area contributed by atoms with E-state index in [-0.39, 0.29) is 29.0 Å². The number of carbonyl (C=O) groups is 1. The monoisotopic (exact) mass is 373 g/mol. The molecule has 2 aromatic rings. The molecule has 0 unspecified atom stereocenters. The molecule has 0 aliphatic rings. The minimum Gasteiger partial charge on any atom is -0.478 e. The van der Waals surface area contributed by atoms with Gasteiger partial charge in [-0.1, -0.05) is 24.3 Å². The van der Waals surface area contributed by atoms with E-state index >= 15 is 0 Å². The van der Waals surface area contributed by atoms with Gasteiger partial charge in [0.25, 0.3) is 0 Å². The lowest BCUT2D eigenvalue weighted by Crippen LogP contribution is -2.26.